The van der Waals surface area contributed by atoms with Gasteiger partial charge in [-0.15, -0.1) is 0 Å². The average molecular weight is 278 g/mol. The molecule has 2 heterocycles. The fraction of sp³-hybridized carbons (Fsp3) is 0.400. The van der Waals surface area contributed by atoms with Gasteiger partial charge in [0.2, 0.25) is 0 Å². The summed E-state index contributed by atoms with van der Waals surface area (Å²) in [4.78, 5) is 4.33. The molecule has 0 unspecified atom stereocenters. The molecule has 1 N–H and O–H groups in total. The fourth-order valence-electron chi connectivity index (χ4n) is 2.65. The zero-order valence-corrected chi connectivity index (χ0v) is 11.5. The van der Waals surface area contributed by atoms with Crippen LogP contribution in [0.1, 0.15) is 23.7 Å². The van der Waals surface area contributed by atoms with Crippen molar-refractivity contribution >= 4 is 16.6 Å². The molecule has 0 saturated heterocycles. The number of halogens is 2. The summed E-state index contributed by atoms with van der Waals surface area (Å²) in [7, 11) is 0. The van der Waals surface area contributed by atoms with Crippen LogP contribution in [0.25, 0.3) is 10.9 Å². The van der Waals surface area contributed by atoms with E-state index < -0.39 is 11.6 Å². The van der Waals surface area contributed by atoms with E-state index in [2.05, 4.69) is 10.3 Å². The minimum absolute atomic E-state index is 0.102. The molecule has 5 heteroatoms. The highest BCUT2D eigenvalue weighted by atomic mass is 19.1. The Hall–Kier alpha value is -1.75. The summed E-state index contributed by atoms with van der Waals surface area (Å²) in [5.74, 6) is -0.898. The maximum Gasteiger partial charge on any atom is 0.149 e. The van der Waals surface area contributed by atoms with Crippen molar-refractivity contribution in [1.82, 2.24) is 4.98 Å². The van der Waals surface area contributed by atoms with E-state index in [0.717, 1.165) is 11.3 Å². The van der Waals surface area contributed by atoms with Crippen LogP contribution in [0, 0.1) is 18.6 Å². The summed E-state index contributed by atoms with van der Waals surface area (Å²) < 4.78 is 34.0. The van der Waals surface area contributed by atoms with Gasteiger partial charge in [-0.25, -0.2) is 13.8 Å². The lowest BCUT2D eigenvalue weighted by molar-refractivity contribution is 0.110. The Morgan fingerprint density at radius 1 is 1.40 bits per heavy atom. The SMILES string of the molecule is CCNc1c2c(nc3c(F)cc(C)c(F)c13)CCOC2. The van der Waals surface area contributed by atoms with Crippen LogP contribution < -0.4 is 5.32 Å². The van der Waals surface area contributed by atoms with E-state index in [0.29, 0.717) is 31.9 Å². The maximum absolute atomic E-state index is 14.4. The Kier molecular flexibility index (Phi) is 3.30. The van der Waals surface area contributed by atoms with Gasteiger partial charge in [-0.05, 0) is 25.5 Å². The molecule has 0 atom stereocenters. The van der Waals surface area contributed by atoms with Gasteiger partial charge in [0.15, 0.2) is 0 Å². The van der Waals surface area contributed by atoms with Crippen LogP contribution >= 0.6 is 0 Å². The van der Waals surface area contributed by atoms with Gasteiger partial charge in [0, 0.05) is 18.5 Å². The highest BCUT2D eigenvalue weighted by molar-refractivity contribution is 5.95. The second-order valence-corrected chi connectivity index (χ2v) is 4.96. The molecule has 0 saturated carbocycles. The molecule has 0 spiro atoms. The summed E-state index contributed by atoms with van der Waals surface area (Å²) in [5.41, 5.74) is 2.64. The molecule has 0 fully saturated rings. The number of hydrogen-bond donors (Lipinski definition) is 1. The number of aromatic nitrogens is 1. The highest BCUT2D eigenvalue weighted by Crippen LogP contribution is 2.35. The van der Waals surface area contributed by atoms with E-state index in [-0.39, 0.29) is 16.5 Å². The predicted molar refractivity (Wildman–Crippen MR) is 73.9 cm³/mol. The lowest BCUT2D eigenvalue weighted by atomic mass is 10.0. The zero-order valence-electron chi connectivity index (χ0n) is 11.5. The lowest BCUT2D eigenvalue weighted by Crippen LogP contribution is -2.16. The van der Waals surface area contributed by atoms with Crippen LogP contribution in [0.15, 0.2) is 6.07 Å². The molecular weight excluding hydrogens is 262 g/mol. The number of ether oxygens (including phenoxy) is 1. The summed E-state index contributed by atoms with van der Waals surface area (Å²) in [6.45, 7) is 5.05. The smallest absolute Gasteiger partial charge is 0.149 e. The number of rotatable bonds is 2. The van der Waals surface area contributed by atoms with Crippen molar-refractivity contribution in [3.05, 3.63) is 34.5 Å². The van der Waals surface area contributed by atoms with Gasteiger partial charge < -0.3 is 10.1 Å². The Bertz CT molecular complexity index is 686. The number of benzene rings is 1. The monoisotopic (exact) mass is 278 g/mol. The maximum atomic E-state index is 14.4. The van der Waals surface area contributed by atoms with Crippen molar-refractivity contribution in [3.63, 3.8) is 0 Å². The molecule has 0 bridgehead atoms. The number of pyridine rings is 1. The van der Waals surface area contributed by atoms with Gasteiger partial charge >= 0.3 is 0 Å². The minimum Gasteiger partial charge on any atom is -0.384 e. The first-order valence-electron chi connectivity index (χ1n) is 6.75. The van der Waals surface area contributed by atoms with Crippen molar-refractivity contribution in [2.45, 2.75) is 26.9 Å². The van der Waals surface area contributed by atoms with Crippen molar-refractivity contribution in [2.24, 2.45) is 0 Å². The lowest BCUT2D eigenvalue weighted by Gasteiger charge is -2.22. The van der Waals surface area contributed by atoms with Gasteiger partial charge in [-0.1, -0.05) is 0 Å². The van der Waals surface area contributed by atoms with Crippen molar-refractivity contribution in [3.8, 4) is 0 Å². The van der Waals surface area contributed by atoms with Crippen LogP contribution in [0.2, 0.25) is 0 Å². The standard InChI is InChI=1S/C15H16F2N2O/c1-3-18-14-9-7-20-5-4-11(9)19-15-10(16)6-8(2)13(17)12(14)15/h6H,3-5,7H2,1-2H3,(H,18,19). The molecule has 3 nitrogen and oxygen atoms in total. The van der Waals surface area contributed by atoms with Gasteiger partial charge in [0.1, 0.15) is 17.2 Å². The van der Waals surface area contributed by atoms with Gasteiger partial charge in [0.25, 0.3) is 0 Å². The second-order valence-electron chi connectivity index (χ2n) is 4.96. The summed E-state index contributed by atoms with van der Waals surface area (Å²) >= 11 is 0. The first-order chi connectivity index (χ1) is 9.63. The number of fused-ring (bicyclic) bond motifs is 2. The third-order valence-corrected chi connectivity index (χ3v) is 3.60. The van der Waals surface area contributed by atoms with E-state index in [4.69, 9.17) is 4.74 Å². The van der Waals surface area contributed by atoms with E-state index in [1.807, 2.05) is 6.92 Å². The molecule has 1 aromatic carbocycles. The predicted octanol–water partition coefficient (Wildman–Crippen LogP) is 3.33. The summed E-state index contributed by atoms with van der Waals surface area (Å²) in [6, 6.07) is 1.20. The van der Waals surface area contributed by atoms with E-state index in [1.165, 1.54) is 6.07 Å². The highest BCUT2D eigenvalue weighted by Gasteiger charge is 2.23. The summed E-state index contributed by atoms with van der Waals surface area (Å²) in [5, 5.41) is 3.38. The number of nitrogens with zero attached hydrogens (tertiary/aromatic N) is 1. The van der Waals surface area contributed by atoms with Crippen molar-refractivity contribution in [2.75, 3.05) is 18.5 Å². The Morgan fingerprint density at radius 3 is 2.95 bits per heavy atom. The van der Waals surface area contributed by atoms with Crippen LogP contribution in [-0.4, -0.2) is 18.1 Å². The van der Waals surface area contributed by atoms with Gasteiger partial charge in [-0.2, -0.15) is 0 Å². The van der Waals surface area contributed by atoms with Crippen molar-refractivity contribution in [1.29, 1.82) is 0 Å². The minimum atomic E-state index is -0.479. The third-order valence-electron chi connectivity index (χ3n) is 3.60. The quantitative estimate of drug-likeness (QED) is 0.915. The third kappa shape index (κ3) is 1.93. The van der Waals surface area contributed by atoms with E-state index in [1.54, 1.807) is 6.92 Å². The molecule has 0 amide bonds. The molecule has 1 aromatic heterocycles. The topological polar surface area (TPSA) is 34.2 Å². The first kappa shape index (κ1) is 13.2. The molecule has 1 aliphatic heterocycles. The Morgan fingerprint density at radius 2 is 2.20 bits per heavy atom. The molecule has 0 radical (unpaired) electrons. The molecular formula is C15H16F2N2O. The number of hydrogen-bond acceptors (Lipinski definition) is 3. The van der Waals surface area contributed by atoms with Gasteiger partial charge in [0.05, 0.1) is 30.0 Å². The van der Waals surface area contributed by atoms with E-state index >= 15 is 0 Å². The summed E-state index contributed by atoms with van der Waals surface area (Å²) in [6.07, 6.45) is 0.624. The number of anilines is 1. The number of nitrogens with one attached hydrogen (secondary N) is 1. The first-order valence-corrected chi connectivity index (χ1v) is 6.75. The van der Waals surface area contributed by atoms with E-state index in [9.17, 15) is 8.78 Å². The molecule has 3 rings (SSSR count). The fourth-order valence-corrected chi connectivity index (χ4v) is 2.65. The number of aryl methyl sites for hydroxylation is 1. The Balaban J connectivity index is 2.42. The van der Waals surface area contributed by atoms with Crippen LogP contribution in [-0.2, 0) is 17.8 Å². The molecule has 0 aliphatic carbocycles. The van der Waals surface area contributed by atoms with Crippen LogP contribution in [0.5, 0.6) is 0 Å². The molecule has 2 aromatic rings. The molecule has 106 valence electrons. The largest absolute Gasteiger partial charge is 0.384 e. The average Bonchev–Trinajstić information content (AvgIpc) is 2.45. The molecule has 20 heavy (non-hydrogen) atoms. The van der Waals surface area contributed by atoms with Crippen LogP contribution in [0.4, 0.5) is 14.5 Å². The van der Waals surface area contributed by atoms with Crippen LogP contribution in [0.3, 0.4) is 0 Å². The Labute approximate surface area is 116 Å². The zero-order chi connectivity index (χ0) is 14.3. The normalized spacial score (nSPS) is 14.4. The molecule has 1 aliphatic rings. The second kappa shape index (κ2) is 4.98. The van der Waals surface area contributed by atoms with Gasteiger partial charge in [-0.3, -0.25) is 0 Å². The van der Waals surface area contributed by atoms with Crippen molar-refractivity contribution < 1.29 is 13.5 Å².